The summed E-state index contributed by atoms with van der Waals surface area (Å²) in [6.07, 6.45) is 0. The number of anilines is 4. The molecule has 0 unspecified atom stereocenters. The number of amides is 1. The second-order valence-electron chi connectivity index (χ2n) is 7.27. The van der Waals surface area contributed by atoms with Gasteiger partial charge in [0, 0.05) is 11.8 Å². The Balaban J connectivity index is 1.74. The van der Waals surface area contributed by atoms with Gasteiger partial charge in [-0.2, -0.15) is 0 Å². The summed E-state index contributed by atoms with van der Waals surface area (Å²) in [7, 11) is -2.60. The third-order valence-electron chi connectivity index (χ3n) is 4.84. The lowest BCUT2D eigenvalue weighted by molar-refractivity contribution is -0.114. The summed E-state index contributed by atoms with van der Waals surface area (Å²) in [6.45, 7) is -0.232. The van der Waals surface area contributed by atoms with Gasteiger partial charge in [-0.25, -0.2) is 18.4 Å². The second-order valence-corrected chi connectivity index (χ2v) is 9.36. The van der Waals surface area contributed by atoms with Gasteiger partial charge in [0.25, 0.3) is 10.0 Å². The number of carbonyl (C=O) groups is 1. The van der Waals surface area contributed by atoms with Gasteiger partial charge >= 0.3 is 0 Å². The van der Waals surface area contributed by atoms with Crippen LogP contribution in [0, 0.1) is 0 Å². The lowest BCUT2D eigenvalue weighted by Crippen LogP contribution is -2.22. The van der Waals surface area contributed by atoms with Gasteiger partial charge in [-0.15, -0.1) is 0 Å². The van der Waals surface area contributed by atoms with Crippen LogP contribution in [0.2, 0.25) is 5.02 Å². The molecule has 35 heavy (non-hydrogen) atoms. The highest BCUT2D eigenvalue weighted by atomic mass is 35.5. The number of aromatic nitrogens is 2. The van der Waals surface area contributed by atoms with Crippen molar-refractivity contribution >= 4 is 61.6 Å². The number of sulfonamides is 1. The van der Waals surface area contributed by atoms with Crippen molar-refractivity contribution in [3.8, 4) is 5.75 Å². The molecule has 0 saturated heterocycles. The SMILES string of the molecule is COc1ccc(Cl)c(Nc2nc3ccccc3nc2NS(=O)(=O)c2cccc(NC(=O)CN)c2)c1. The molecule has 1 amide bonds. The summed E-state index contributed by atoms with van der Waals surface area (Å²) in [5, 5.41) is 5.95. The topological polar surface area (TPSA) is 148 Å². The molecule has 4 rings (SSSR count). The molecule has 10 nitrogen and oxygen atoms in total. The number of hydrogen-bond acceptors (Lipinski definition) is 8. The van der Waals surface area contributed by atoms with Gasteiger partial charge in [0.05, 0.1) is 40.3 Å². The summed E-state index contributed by atoms with van der Waals surface area (Å²) < 4.78 is 34.2. The van der Waals surface area contributed by atoms with Gasteiger partial charge in [-0.05, 0) is 42.5 Å². The van der Waals surface area contributed by atoms with Gasteiger partial charge in [-0.3, -0.25) is 9.52 Å². The van der Waals surface area contributed by atoms with Crippen molar-refractivity contribution in [2.45, 2.75) is 4.90 Å². The van der Waals surface area contributed by atoms with Crippen LogP contribution >= 0.6 is 11.6 Å². The molecule has 1 heterocycles. The molecule has 12 heteroatoms. The number of nitrogens with zero attached hydrogens (tertiary/aromatic N) is 2. The van der Waals surface area contributed by atoms with Crippen molar-refractivity contribution in [1.82, 2.24) is 9.97 Å². The van der Waals surface area contributed by atoms with Crippen molar-refractivity contribution in [3.63, 3.8) is 0 Å². The highest BCUT2D eigenvalue weighted by molar-refractivity contribution is 7.92. The fourth-order valence-electron chi connectivity index (χ4n) is 3.15. The molecule has 5 N–H and O–H groups in total. The summed E-state index contributed by atoms with van der Waals surface area (Å²) in [4.78, 5) is 20.5. The van der Waals surface area contributed by atoms with Gasteiger partial charge in [-0.1, -0.05) is 29.8 Å². The van der Waals surface area contributed by atoms with E-state index in [9.17, 15) is 13.2 Å². The standard InChI is InChI=1S/C23H21ClN6O4S/c1-34-15-9-10-17(24)20(12-15)29-22-23(28-19-8-3-2-7-18(19)27-22)30-35(32,33)16-6-4-5-14(11-16)26-21(31)13-25/h2-12H,13,25H2,1H3,(H,26,31)(H,27,29)(H,28,30). The molecule has 0 aliphatic rings. The number of hydrogen-bond donors (Lipinski definition) is 4. The van der Waals surface area contributed by atoms with E-state index in [1.165, 1.54) is 25.3 Å². The maximum atomic E-state index is 13.2. The van der Waals surface area contributed by atoms with Gasteiger partial charge in [0.1, 0.15) is 5.75 Å². The molecule has 0 saturated carbocycles. The van der Waals surface area contributed by atoms with Gasteiger partial charge in [0.2, 0.25) is 5.91 Å². The lowest BCUT2D eigenvalue weighted by atomic mass is 10.3. The van der Waals surface area contributed by atoms with Crippen molar-refractivity contribution < 1.29 is 17.9 Å². The van der Waals surface area contributed by atoms with E-state index < -0.39 is 15.9 Å². The van der Waals surface area contributed by atoms with Crippen LogP contribution in [0.5, 0.6) is 5.75 Å². The van der Waals surface area contributed by atoms with Crippen LogP contribution in [0.3, 0.4) is 0 Å². The predicted octanol–water partition coefficient (Wildman–Crippen LogP) is 3.73. The smallest absolute Gasteiger partial charge is 0.263 e. The zero-order chi connectivity index (χ0) is 25.0. The number of halogens is 1. The summed E-state index contributed by atoms with van der Waals surface area (Å²) in [5.41, 5.74) is 7.08. The first kappa shape index (κ1) is 24.2. The molecule has 0 bridgehead atoms. The van der Waals surface area contributed by atoms with Crippen molar-refractivity contribution in [2.75, 3.05) is 29.0 Å². The van der Waals surface area contributed by atoms with E-state index in [1.54, 1.807) is 48.5 Å². The van der Waals surface area contributed by atoms with E-state index in [1.807, 2.05) is 0 Å². The van der Waals surface area contributed by atoms with Crippen molar-refractivity contribution in [2.24, 2.45) is 5.73 Å². The normalized spacial score (nSPS) is 11.2. The van der Waals surface area contributed by atoms with E-state index in [0.29, 0.717) is 27.5 Å². The summed E-state index contributed by atoms with van der Waals surface area (Å²) in [6, 6.07) is 17.8. The Morgan fingerprint density at radius 2 is 1.71 bits per heavy atom. The monoisotopic (exact) mass is 512 g/mol. The van der Waals surface area contributed by atoms with Crippen LogP contribution in [0.25, 0.3) is 11.0 Å². The molecule has 0 spiro atoms. The third-order valence-corrected chi connectivity index (χ3v) is 6.51. The fourth-order valence-corrected chi connectivity index (χ4v) is 4.37. The number of nitrogens with one attached hydrogen (secondary N) is 3. The van der Waals surface area contributed by atoms with Crippen LogP contribution in [0.15, 0.2) is 71.6 Å². The molecular weight excluding hydrogens is 492 g/mol. The molecule has 0 aliphatic heterocycles. The molecule has 180 valence electrons. The minimum absolute atomic E-state index is 0.0426. The third kappa shape index (κ3) is 5.60. The first-order valence-corrected chi connectivity index (χ1v) is 12.2. The fraction of sp³-hybridized carbons (Fsp3) is 0.0870. The molecule has 0 radical (unpaired) electrons. The number of benzene rings is 3. The number of carbonyl (C=O) groups excluding carboxylic acids is 1. The Labute approximate surface area is 206 Å². The zero-order valence-corrected chi connectivity index (χ0v) is 20.0. The van der Waals surface area contributed by atoms with Crippen LogP contribution in [0.4, 0.5) is 23.0 Å². The number of fused-ring (bicyclic) bond motifs is 1. The minimum atomic E-state index is -4.12. The number of para-hydroxylation sites is 2. The molecule has 4 aromatic rings. The first-order chi connectivity index (χ1) is 16.8. The molecular formula is C23H21ClN6O4S. The summed E-state index contributed by atoms with van der Waals surface area (Å²) >= 11 is 6.33. The quantitative estimate of drug-likeness (QED) is 0.279. The molecule has 0 atom stereocenters. The number of ether oxygens (including phenoxy) is 1. The van der Waals surface area contributed by atoms with E-state index >= 15 is 0 Å². The Morgan fingerprint density at radius 3 is 2.40 bits per heavy atom. The van der Waals surface area contributed by atoms with E-state index in [0.717, 1.165) is 0 Å². The Kier molecular flexibility index (Phi) is 7.01. The average Bonchev–Trinajstić information content (AvgIpc) is 2.85. The highest BCUT2D eigenvalue weighted by Gasteiger charge is 2.20. The van der Waals surface area contributed by atoms with Gasteiger partial charge in [0.15, 0.2) is 11.6 Å². The Bertz CT molecular complexity index is 1510. The molecule has 1 aromatic heterocycles. The van der Waals surface area contributed by atoms with Crippen LogP contribution in [-0.4, -0.2) is 37.9 Å². The number of methoxy groups -OCH3 is 1. The van der Waals surface area contributed by atoms with Crippen molar-refractivity contribution in [1.29, 1.82) is 0 Å². The average molecular weight is 513 g/mol. The summed E-state index contributed by atoms with van der Waals surface area (Å²) in [5.74, 6) is 0.188. The van der Waals surface area contributed by atoms with E-state index in [2.05, 4.69) is 25.3 Å². The number of rotatable bonds is 8. The van der Waals surface area contributed by atoms with E-state index in [-0.39, 0.29) is 28.8 Å². The minimum Gasteiger partial charge on any atom is -0.497 e. The van der Waals surface area contributed by atoms with Crippen molar-refractivity contribution in [3.05, 3.63) is 71.8 Å². The maximum Gasteiger partial charge on any atom is 0.263 e. The van der Waals surface area contributed by atoms with Crippen LogP contribution in [-0.2, 0) is 14.8 Å². The Hall–Kier alpha value is -3.93. The largest absolute Gasteiger partial charge is 0.497 e. The highest BCUT2D eigenvalue weighted by Crippen LogP contribution is 2.32. The molecule has 0 aliphatic carbocycles. The Morgan fingerprint density at radius 1 is 1.00 bits per heavy atom. The van der Waals surface area contributed by atoms with Crippen LogP contribution in [0.1, 0.15) is 0 Å². The number of nitrogens with two attached hydrogens (primary N) is 1. The first-order valence-electron chi connectivity index (χ1n) is 10.3. The predicted molar refractivity (Wildman–Crippen MR) is 136 cm³/mol. The maximum absolute atomic E-state index is 13.2. The lowest BCUT2D eigenvalue weighted by Gasteiger charge is -2.15. The molecule has 0 fully saturated rings. The van der Waals surface area contributed by atoms with E-state index in [4.69, 9.17) is 22.1 Å². The molecule has 3 aromatic carbocycles. The second kappa shape index (κ2) is 10.1. The van der Waals surface area contributed by atoms with Crippen LogP contribution < -0.4 is 25.8 Å². The zero-order valence-electron chi connectivity index (χ0n) is 18.4. The van der Waals surface area contributed by atoms with Gasteiger partial charge < -0.3 is 21.1 Å².